The van der Waals surface area contributed by atoms with Gasteiger partial charge in [-0.1, -0.05) is 35.9 Å². The first-order chi connectivity index (χ1) is 14.7. The highest BCUT2D eigenvalue weighted by molar-refractivity contribution is 6.31. The van der Waals surface area contributed by atoms with Crippen LogP contribution in [0.4, 0.5) is 18.9 Å². The summed E-state index contributed by atoms with van der Waals surface area (Å²) in [5, 5.41) is 3.21. The molecule has 0 bridgehead atoms. The number of alkyl halides is 3. The molecule has 0 aliphatic carbocycles. The van der Waals surface area contributed by atoms with Gasteiger partial charge in [0, 0.05) is 16.3 Å². The molecule has 4 rings (SSSR count). The third-order valence-corrected chi connectivity index (χ3v) is 5.16. The fourth-order valence-electron chi connectivity index (χ4n) is 3.21. The van der Waals surface area contributed by atoms with Gasteiger partial charge in [0.15, 0.2) is 11.5 Å². The first kappa shape index (κ1) is 20.9. The SMILES string of the molecule is Cc1ccc(C(=O)Nc2ccc3oc(Cc4ccccc4Cl)nc3c2)cc1C(F)(F)F. The average Bonchev–Trinajstić information content (AvgIpc) is 3.10. The number of aromatic nitrogens is 1. The van der Waals surface area contributed by atoms with E-state index in [0.29, 0.717) is 34.1 Å². The van der Waals surface area contributed by atoms with E-state index in [1.807, 2.05) is 18.2 Å². The van der Waals surface area contributed by atoms with Gasteiger partial charge in [-0.3, -0.25) is 4.79 Å². The molecule has 0 spiro atoms. The summed E-state index contributed by atoms with van der Waals surface area (Å²) in [6.45, 7) is 1.35. The Kier molecular flexibility index (Phi) is 5.45. The molecule has 0 fully saturated rings. The largest absolute Gasteiger partial charge is 0.440 e. The maximum Gasteiger partial charge on any atom is 0.416 e. The molecule has 1 aromatic heterocycles. The standard InChI is InChI=1S/C23H16ClF3N2O2/c1-13-6-7-15(10-17(13)23(25,26)27)22(30)28-16-8-9-20-19(12-16)29-21(31-20)11-14-4-2-3-5-18(14)24/h2-10,12H,11H2,1H3,(H,28,30). The quantitative estimate of drug-likeness (QED) is 0.383. The summed E-state index contributed by atoms with van der Waals surface area (Å²) < 4.78 is 45.1. The van der Waals surface area contributed by atoms with Gasteiger partial charge in [0.1, 0.15) is 5.52 Å². The van der Waals surface area contributed by atoms with Crippen molar-refractivity contribution in [3.05, 3.63) is 93.8 Å². The van der Waals surface area contributed by atoms with Crippen LogP contribution in [-0.4, -0.2) is 10.9 Å². The number of aryl methyl sites for hydroxylation is 1. The van der Waals surface area contributed by atoms with Crippen LogP contribution in [0.2, 0.25) is 5.02 Å². The van der Waals surface area contributed by atoms with Crippen molar-refractivity contribution in [2.75, 3.05) is 5.32 Å². The number of carbonyl (C=O) groups is 1. The van der Waals surface area contributed by atoms with E-state index >= 15 is 0 Å². The van der Waals surface area contributed by atoms with Gasteiger partial charge in [-0.15, -0.1) is 0 Å². The van der Waals surface area contributed by atoms with Crippen LogP contribution in [0.1, 0.15) is 32.9 Å². The summed E-state index contributed by atoms with van der Waals surface area (Å²) in [5.41, 5.74) is 1.43. The molecular weight excluding hydrogens is 429 g/mol. The van der Waals surface area contributed by atoms with Gasteiger partial charge in [0.2, 0.25) is 0 Å². The number of nitrogens with zero attached hydrogens (tertiary/aromatic N) is 1. The van der Waals surface area contributed by atoms with E-state index in [9.17, 15) is 18.0 Å². The van der Waals surface area contributed by atoms with Gasteiger partial charge in [0.05, 0.1) is 12.0 Å². The summed E-state index contributed by atoms with van der Waals surface area (Å²) in [6.07, 6.45) is -4.13. The van der Waals surface area contributed by atoms with E-state index in [0.717, 1.165) is 11.6 Å². The third kappa shape index (κ3) is 4.56. The molecule has 0 aliphatic heterocycles. The first-order valence-corrected chi connectivity index (χ1v) is 9.70. The molecular formula is C23H16ClF3N2O2. The van der Waals surface area contributed by atoms with Gasteiger partial charge in [-0.25, -0.2) is 4.98 Å². The fourth-order valence-corrected chi connectivity index (χ4v) is 3.41. The van der Waals surface area contributed by atoms with Crippen LogP contribution in [0.15, 0.2) is 65.1 Å². The van der Waals surface area contributed by atoms with Gasteiger partial charge < -0.3 is 9.73 Å². The van der Waals surface area contributed by atoms with Gasteiger partial charge >= 0.3 is 6.18 Å². The lowest BCUT2D eigenvalue weighted by Crippen LogP contribution is -2.15. The number of nitrogens with one attached hydrogen (secondary N) is 1. The molecule has 0 unspecified atom stereocenters. The molecule has 1 N–H and O–H groups in total. The molecule has 0 saturated carbocycles. The number of benzene rings is 3. The van der Waals surface area contributed by atoms with Crippen molar-refractivity contribution in [1.29, 1.82) is 0 Å². The summed E-state index contributed by atoms with van der Waals surface area (Å²) >= 11 is 6.18. The van der Waals surface area contributed by atoms with E-state index in [-0.39, 0.29) is 11.1 Å². The van der Waals surface area contributed by atoms with Crippen LogP contribution in [0.25, 0.3) is 11.1 Å². The van der Waals surface area contributed by atoms with Crippen molar-refractivity contribution in [2.24, 2.45) is 0 Å². The Morgan fingerprint density at radius 1 is 1.10 bits per heavy atom. The van der Waals surface area contributed by atoms with E-state index < -0.39 is 17.6 Å². The second-order valence-electron chi connectivity index (χ2n) is 7.04. The zero-order valence-electron chi connectivity index (χ0n) is 16.3. The Labute approximate surface area is 180 Å². The van der Waals surface area contributed by atoms with E-state index in [4.69, 9.17) is 16.0 Å². The lowest BCUT2D eigenvalue weighted by Gasteiger charge is -2.12. The summed E-state index contributed by atoms with van der Waals surface area (Å²) in [4.78, 5) is 16.9. The van der Waals surface area contributed by atoms with Crippen molar-refractivity contribution >= 4 is 34.3 Å². The molecule has 4 nitrogen and oxygen atoms in total. The second-order valence-corrected chi connectivity index (χ2v) is 7.45. The van der Waals surface area contributed by atoms with Crippen LogP contribution >= 0.6 is 11.6 Å². The highest BCUT2D eigenvalue weighted by Crippen LogP contribution is 2.32. The number of carbonyl (C=O) groups excluding carboxylic acids is 1. The first-order valence-electron chi connectivity index (χ1n) is 9.33. The summed E-state index contributed by atoms with van der Waals surface area (Å²) in [5.74, 6) is -0.190. The zero-order chi connectivity index (χ0) is 22.2. The molecule has 0 atom stereocenters. The Morgan fingerprint density at radius 3 is 2.61 bits per heavy atom. The number of halogens is 4. The Bertz CT molecular complexity index is 1280. The lowest BCUT2D eigenvalue weighted by atomic mass is 10.0. The molecule has 31 heavy (non-hydrogen) atoms. The topological polar surface area (TPSA) is 55.1 Å². The van der Waals surface area contributed by atoms with Crippen LogP contribution in [0.3, 0.4) is 0 Å². The van der Waals surface area contributed by atoms with Crippen LogP contribution in [-0.2, 0) is 12.6 Å². The minimum Gasteiger partial charge on any atom is -0.440 e. The van der Waals surface area contributed by atoms with E-state index in [1.54, 1.807) is 24.3 Å². The van der Waals surface area contributed by atoms with Crippen LogP contribution in [0.5, 0.6) is 0 Å². The molecule has 3 aromatic carbocycles. The summed E-state index contributed by atoms with van der Waals surface area (Å²) in [7, 11) is 0. The van der Waals surface area contributed by atoms with Crippen molar-refractivity contribution < 1.29 is 22.4 Å². The number of hydrogen-bond donors (Lipinski definition) is 1. The normalized spacial score (nSPS) is 11.6. The van der Waals surface area contributed by atoms with Gasteiger partial charge in [-0.2, -0.15) is 13.2 Å². The van der Waals surface area contributed by atoms with Gasteiger partial charge in [-0.05, 0) is 54.4 Å². The Balaban J connectivity index is 1.55. The minimum atomic E-state index is -4.53. The molecule has 4 aromatic rings. The fraction of sp³-hybridized carbons (Fsp3) is 0.130. The van der Waals surface area contributed by atoms with Crippen molar-refractivity contribution in [1.82, 2.24) is 4.98 Å². The predicted octanol–water partition coefficient (Wildman–Crippen LogP) is 6.65. The predicted molar refractivity (Wildman–Crippen MR) is 112 cm³/mol. The number of hydrogen-bond acceptors (Lipinski definition) is 3. The molecule has 1 amide bonds. The highest BCUT2D eigenvalue weighted by atomic mass is 35.5. The van der Waals surface area contributed by atoms with E-state index in [2.05, 4.69) is 10.3 Å². The highest BCUT2D eigenvalue weighted by Gasteiger charge is 2.33. The van der Waals surface area contributed by atoms with Crippen LogP contribution < -0.4 is 5.32 Å². The zero-order valence-corrected chi connectivity index (χ0v) is 17.0. The third-order valence-electron chi connectivity index (χ3n) is 4.79. The maximum atomic E-state index is 13.1. The van der Waals surface area contributed by atoms with Crippen LogP contribution in [0, 0.1) is 6.92 Å². The van der Waals surface area contributed by atoms with Crippen molar-refractivity contribution in [2.45, 2.75) is 19.5 Å². The monoisotopic (exact) mass is 444 g/mol. The summed E-state index contributed by atoms with van der Waals surface area (Å²) in [6, 6.07) is 15.7. The Hall–Kier alpha value is -3.32. The average molecular weight is 445 g/mol. The van der Waals surface area contributed by atoms with E-state index in [1.165, 1.54) is 19.1 Å². The number of anilines is 1. The Morgan fingerprint density at radius 2 is 1.87 bits per heavy atom. The number of amides is 1. The molecule has 158 valence electrons. The lowest BCUT2D eigenvalue weighted by molar-refractivity contribution is -0.138. The molecule has 8 heteroatoms. The number of rotatable bonds is 4. The number of fused-ring (bicyclic) bond motifs is 1. The number of oxazole rings is 1. The van der Waals surface area contributed by atoms with Gasteiger partial charge in [0.25, 0.3) is 5.91 Å². The molecule has 0 saturated heterocycles. The minimum absolute atomic E-state index is 0.0547. The second kappa shape index (κ2) is 8.07. The maximum absolute atomic E-state index is 13.1. The van der Waals surface area contributed by atoms with Crippen molar-refractivity contribution in [3.8, 4) is 0 Å². The smallest absolute Gasteiger partial charge is 0.416 e. The van der Waals surface area contributed by atoms with Crippen molar-refractivity contribution in [3.63, 3.8) is 0 Å². The molecule has 1 heterocycles. The molecule has 0 radical (unpaired) electrons. The molecule has 0 aliphatic rings.